The molecular formula is C13H12N2O5. The molecule has 0 radical (unpaired) electrons. The van der Waals surface area contributed by atoms with E-state index < -0.39 is 11.4 Å². The molecule has 20 heavy (non-hydrogen) atoms. The smallest absolute Gasteiger partial charge is 0.341 e. The summed E-state index contributed by atoms with van der Waals surface area (Å²) in [7, 11) is 0. The van der Waals surface area contributed by atoms with E-state index in [1.807, 2.05) is 0 Å². The molecule has 1 aliphatic carbocycles. The van der Waals surface area contributed by atoms with Crippen LogP contribution in [0.15, 0.2) is 17.1 Å². The second kappa shape index (κ2) is 3.49. The molecule has 2 fully saturated rings. The number of amides is 1. The molecule has 1 amide bonds. The Labute approximate surface area is 113 Å². The first-order valence-corrected chi connectivity index (χ1v) is 6.45. The van der Waals surface area contributed by atoms with E-state index in [-0.39, 0.29) is 28.9 Å². The lowest BCUT2D eigenvalue weighted by atomic mass is 10.1. The van der Waals surface area contributed by atoms with Gasteiger partial charge in [-0.15, -0.1) is 0 Å². The molecule has 2 aliphatic heterocycles. The summed E-state index contributed by atoms with van der Waals surface area (Å²) in [5.74, 6) is -1.53. The minimum absolute atomic E-state index is 0.186. The van der Waals surface area contributed by atoms with Gasteiger partial charge in [-0.05, 0) is 12.8 Å². The van der Waals surface area contributed by atoms with Gasteiger partial charge in [0.25, 0.3) is 5.91 Å². The third kappa shape index (κ3) is 1.35. The van der Waals surface area contributed by atoms with E-state index in [9.17, 15) is 14.4 Å². The van der Waals surface area contributed by atoms with E-state index in [0.29, 0.717) is 13.2 Å². The lowest BCUT2D eigenvalue weighted by Gasteiger charge is -2.34. The molecule has 1 aromatic rings. The van der Waals surface area contributed by atoms with E-state index in [1.54, 1.807) is 4.90 Å². The van der Waals surface area contributed by atoms with Crippen LogP contribution in [0.5, 0.6) is 0 Å². The molecular weight excluding hydrogens is 264 g/mol. The Bertz CT molecular complexity index is 703. The van der Waals surface area contributed by atoms with E-state index >= 15 is 0 Å². The van der Waals surface area contributed by atoms with Crippen LogP contribution in [0.2, 0.25) is 0 Å². The molecule has 3 aliphatic rings. The summed E-state index contributed by atoms with van der Waals surface area (Å²) >= 11 is 0. The summed E-state index contributed by atoms with van der Waals surface area (Å²) in [6.07, 6.45) is 2.72. The minimum Gasteiger partial charge on any atom is -0.477 e. The van der Waals surface area contributed by atoms with E-state index in [4.69, 9.17) is 9.84 Å². The topological polar surface area (TPSA) is 88.8 Å². The highest BCUT2D eigenvalue weighted by atomic mass is 16.5. The number of ether oxygens (including phenoxy) is 1. The SMILES string of the molecule is O=C(O)c1cn2c(cc1=O)C(=O)N1[C@@H](C2)OCC12CC2. The largest absolute Gasteiger partial charge is 0.477 e. The van der Waals surface area contributed by atoms with Gasteiger partial charge in [0.15, 0.2) is 11.7 Å². The van der Waals surface area contributed by atoms with Crippen molar-refractivity contribution in [2.24, 2.45) is 0 Å². The van der Waals surface area contributed by atoms with Crippen LogP contribution >= 0.6 is 0 Å². The fourth-order valence-electron chi connectivity index (χ4n) is 3.07. The van der Waals surface area contributed by atoms with Crippen molar-refractivity contribution in [3.63, 3.8) is 0 Å². The Morgan fingerprint density at radius 2 is 2.15 bits per heavy atom. The summed E-state index contributed by atoms with van der Waals surface area (Å²) in [6, 6.07) is 1.12. The zero-order valence-electron chi connectivity index (χ0n) is 10.5. The van der Waals surface area contributed by atoms with Crippen LogP contribution in [0, 0.1) is 0 Å². The Morgan fingerprint density at radius 3 is 2.80 bits per heavy atom. The van der Waals surface area contributed by atoms with Gasteiger partial charge in [-0.3, -0.25) is 9.59 Å². The summed E-state index contributed by atoms with van der Waals surface area (Å²) in [5.41, 5.74) is -0.906. The van der Waals surface area contributed by atoms with E-state index in [1.165, 1.54) is 10.8 Å². The molecule has 1 saturated heterocycles. The highest BCUT2D eigenvalue weighted by Gasteiger charge is 2.59. The number of nitrogens with zero attached hydrogens (tertiary/aromatic N) is 2. The Morgan fingerprint density at radius 1 is 1.40 bits per heavy atom. The fraction of sp³-hybridized carbons (Fsp3) is 0.462. The predicted molar refractivity (Wildman–Crippen MR) is 65.5 cm³/mol. The first kappa shape index (κ1) is 11.7. The number of carboxylic acid groups (broad SMARTS) is 1. The summed E-state index contributed by atoms with van der Waals surface area (Å²) in [6.45, 7) is 0.886. The normalized spacial score (nSPS) is 25.5. The zero-order chi connectivity index (χ0) is 14.1. The molecule has 1 aromatic heterocycles. The number of rotatable bonds is 1. The molecule has 1 spiro atoms. The van der Waals surface area contributed by atoms with Gasteiger partial charge < -0.3 is 19.3 Å². The Balaban J connectivity index is 1.84. The molecule has 1 N–H and O–H groups in total. The van der Waals surface area contributed by atoms with Gasteiger partial charge in [0, 0.05) is 12.3 Å². The van der Waals surface area contributed by atoms with Gasteiger partial charge >= 0.3 is 5.97 Å². The molecule has 104 valence electrons. The highest BCUT2D eigenvalue weighted by Crippen LogP contribution is 2.49. The summed E-state index contributed by atoms with van der Waals surface area (Å²) in [5, 5.41) is 8.97. The molecule has 7 heteroatoms. The number of carbonyl (C=O) groups is 2. The minimum atomic E-state index is -1.29. The maximum atomic E-state index is 12.5. The third-order valence-corrected chi connectivity index (χ3v) is 4.32. The first-order valence-electron chi connectivity index (χ1n) is 6.45. The highest BCUT2D eigenvalue weighted by molar-refractivity contribution is 5.95. The van der Waals surface area contributed by atoms with Gasteiger partial charge in [-0.1, -0.05) is 0 Å². The van der Waals surface area contributed by atoms with Crippen LogP contribution in [0.4, 0.5) is 0 Å². The summed E-state index contributed by atoms with van der Waals surface area (Å²) < 4.78 is 7.16. The van der Waals surface area contributed by atoms with Crippen LogP contribution in [0.25, 0.3) is 0 Å². The zero-order valence-corrected chi connectivity index (χ0v) is 10.5. The van der Waals surface area contributed by atoms with Crippen LogP contribution in [-0.4, -0.2) is 44.8 Å². The molecule has 4 rings (SSSR count). The lowest BCUT2D eigenvalue weighted by molar-refractivity contribution is 0.00523. The standard InChI is InChI=1S/C13H12N2O5/c16-9-3-8-11(17)15-10(20-6-13(15)1-2-13)5-14(8)4-7(9)12(18)19/h3-4,10H,1-2,5-6H2,(H,18,19)/t10-/m1/s1. The maximum Gasteiger partial charge on any atom is 0.341 e. The number of aromatic carboxylic acids is 1. The Kier molecular flexibility index (Phi) is 2.03. The molecule has 0 aromatic carbocycles. The van der Waals surface area contributed by atoms with E-state index in [0.717, 1.165) is 18.9 Å². The number of aromatic nitrogens is 1. The molecule has 1 atom stereocenters. The van der Waals surface area contributed by atoms with Gasteiger partial charge in [0.1, 0.15) is 11.3 Å². The lowest BCUT2D eigenvalue weighted by Crippen LogP contribution is -2.50. The monoisotopic (exact) mass is 276 g/mol. The first-order chi connectivity index (χ1) is 9.52. The molecule has 3 heterocycles. The van der Waals surface area contributed by atoms with Crippen molar-refractivity contribution in [3.05, 3.63) is 33.7 Å². The quantitative estimate of drug-likeness (QED) is 0.773. The van der Waals surface area contributed by atoms with Crippen molar-refractivity contribution >= 4 is 11.9 Å². The predicted octanol–water partition coefficient (Wildman–Crippen LogP) is -0.109. The van der Waals surface area contributed by atoms with Crippen molar-refractivity contribution in [2.45, 2.75) is 31.2 Å². The second-order valence-electron chi connectivity index (χ2n) is 5.56. The summed E-state index contributed by atoms with van der Waals surface area (Å²) in [4.78, 5) is 37.0. The van der Waals surface area contributed by atoms with Crippen molar-refractivity contribution in [1.82, 2.24) is 9.47 Å². The van der Waals surface area contributed by atoms with Gasteiger partial charge in [-0.25, -0.2) is 4.79 Å². The number of hydrogen-bond donors (Lipinski definition) is 1. The number of pyridine rings is 1. The Hall–Kier alpha value is -2.15. The molecule has 0 bridgehead atoms. The third-order valence-electron chi connectivity index (χ3n) is 4.32. The molecule has 7 nitrogen and oxygen atoms in total. The van der Waals surface area contributed by atoms with Crippen LogP contribution in [0.3, 0.4) is 0 Å². The fourth-order valence-corrected chi connectivity index (χ4v) is 3.07. The van der Waals surface area contributed by atoms with Crippen molar-refractivity contribution in [3.8, 4) is 0 Å². The van der Waals surface area contributed by atoms with Gasteiger partial charge in [0.05, 0.1) is 18.7 Å². The van der Waals surface area contributed by atoms with Gasteiger partial charge in [0.2, 0.25) is 0 Å². The molecule has 1 saturated carbocycles. The van der Waals surface area contributed by atoms with Crippen molar-refractivity contribution < 1.29 is 19.4 Å². The maximum absolute atomic E-state index is 12.5. The van der Waals surface area contributed by atoms with Crippen LogP contribution in [-0.2, 0) is 11.3 Å². The average molecular weight is 276 g/mol. The van der Waals surface area contributed by atoms with Crippen LogP contribution in [0.1, 0.15) is 33.7 Å². The van der Waals surface area contributed by atoms with Crippen molar-refractivity contribution in [1.29, 1.82) is 0 Å². The van der Waals surface area contributed by atoms with Gasteiger partial charge in [-0.2, -0.15) is 0 Å². The second-order valence-corrected chi connectivity index (χ2v) is 5.56. The molecule has 0 unspecified atom stereocenters. The number of hydrogen-bond acceptors (Lipinski definition) is 4. The number of fused-ring (bicyclic) bond motifs is 3. The number of carbonyl (C=O) groups excluding carboxylic acids is 1. The van der Waals surface area contributed by atoms with Crippen molar-refractivity contribution in [2.75, 3.05) is 6.61 Å². The van der Waals surface area contributed by atoms with E-state index in [2.05, 4.69) is 0 Å². The average Bonchev–Trinajstić information content (AvgIpc) is 3.07. The van der Waals surface area contributed by atoms with Crippen LogP contribution < -0.4 is 5.43 Å². The number of carboxylic acids is 1.